The van der Waals surface area contributed by atoms with E-state index in [0.717, 1.165) is 37.1 Å². The van der Waals surface area contributed by atoms with Crippen LogP contribution in [0.2, 0.25) is 0 Å². The van der Waals surface area contributed by atoms with Gasteiger partial charge in [0.2, 0.25) is 0 Å². The van der Waals surface area contributed by atoms with Gasteiger partial charge in [0, 0.05) is 0 Å². The second-order valence-electron chi connectivity index (χ2n) is 4.54. The molecule has 1 unspecified atom stereocenters. The maximum atomic E-state index is 11.7. The summed E-state index contributed by atoms with van der Waals surface area (Å²) in [7, 11) is 0. The van der Waals surface area contributed by atoms with Gasteiger partial charge in [0.05, 0.1) is 19.6 Å². The largest absolute Gasteiger partial charge is 0.458 e. The molecule has 0 aromatic rings. The molecule has 98 valence electrons. The van der Waals surface area contributed by atoms with Crippen LogP contribution in [0, 0.1) is 0 Å². The van der Waals surface area contributed by atoms with Crippen molar-refractivity contribution in [1.82, 2.24) is 5.32 Å². The Morgan fingerprint density at radius 2 is 2.00 bits per heavy atom. The van der Waals surface area contributed by atoms with Crippen LogP contribution in [0.5, 0.6) is 0 Å². The monoisotopic (exact) mass is 241 g/mol. The minimum atomic E-state index is -0.165. The molecule has 17 heavy (non-hydrogen) atoms. The van der Waals surface area contributed by atoms with Gasteiger partial charge in [-0.25, -0.2) is 4.79 Å². The molecule has 0 bridgehead atoms. The highest BCUT2D eigenvalue weighted by Gasteiger charge is 2.23. The summed E-state index contributed by atoms with van der Waals surface area (Å²) in [6.45, 7) is 11.3. The Morgan fingerprint density at radius 1 is 1.35 bits per heavy atom. The van der Waals surface area contributed by atoms with E-state index in [1.165, 1.54) is 0 Å². The molecule has 4 heteroatoms. The molecule has 1 aliphatic heterocycles. The van der Waals surface area contributed by atoms with Gasteiger partial charge in [-0.1, -0.05) is 6.08 Å². The SMILES string of the molecule is CC[N+](CC)(CC)CCOC(=O)C1CC=CN1. The Bertz CT molecular complexity index is 256. The number of nitrogens with one attached hydrogen (secondary N) is 1. The molecule has 0 saturated heterocycles. The van der Waals surface area contributed by atoms with Crippen molar-refractivity contribution in [2.75, 3.05) is 32.8 Å². The fraction of sp³-hybridized carbons (Fsp3) is 0.769. The van der Waals surface area contributed by atoms with Crippen molar-refractivity contribution in [1.29, 1.82) is 0 Å². The van der Waals surface area contributed by atoms with Gasteiger partial charge >= 0.3 is 5.97 Å². The molecule has 0 radical (unpaired) electrons. The molecule has 0 aliphatic carbocycles. The smallest absolute Gasteiger partial charge is 0.329 e. The number of likely N-dealkylation sites (N-methyl/N-ethyl adjacent to an activating group) is 1. The Labute approximate surface area is 104 Å². The van der Waals surface area contributed by atoms with Crippen molar-refractivity contribution in [2.45, 2.75) is 33.2 Å². The molecule has 0 spiro atoms. The molecule has 0 fully saturated rings. The summed E-state index contributed by atoms with van der Waals surface area (Å²) in [4.78, 5) is 11.7. The Hall–Kier alpha value is -1.03. The van der Waals surface area contributed by atoms with Crippen LogP contribution in [0.4, 0.5) is 0 Å². The van der Waals surface area contributed by atoms with E-state index in [1.54, 1.807) is 0 Å². The van der Waals surface area contributed by atoms with Crippen molar-refractivity contribution < 1.29 is 14.0 Å². The summed E-state index contributed by atoms with van der Waals surface area (Å²) in [6, 6.07) is -0.165. The Balaban J connectivity index is 2.28. The number of carbonyl (C=O) groups excluding carboxylic acids is 1. The van der Waals surface area contributed by atoms with Crippen LogP contribution < -0.4 is 5.32 Å². The van der Waals surface area contributed by atoms with Crippen molar-refractivity contribution >= 4 is 5.97 Å². The summed E-state index contributed by atoms with van der Waals surface area (Å²) in [5.41, 5.74) is 0. The number of quaternary nitrogens is 1. The van der Waals surface area contributed by atoms with Crippen LogP contribution in [0.1, 0.15) is 27.2 Å². The lowest BCUT2D eigenvalue weighted by atomic mass is 10.2. The third-order valence-electron chi connectivity index (χ3n) is 3.89. The molecule has 0 amide bonds. The van der Waals surface area contributed by atoms with Crippen LogP contribution in [-0.2, 0) is 9.53 Å². The molecule has 1 rings (SSSR count). The van der Waals surface area contributed by atoms with Crippen molar-refractivity contribution in [3.05, 3.63) is 12.3 Å². The second-order valence-corrected chi connectivity index (χ2v) is 4.54. The molecule has 0 saturated carbocycles. The first kappa shape index (κ1) is 14.0. The molecule has 1 atom stereocenters. The summed E-state index contributed by atoms with van der Waals surface area (Å²) in [5.74, 6) is -0.128. The first-order valence-electron chi connectivity index (χ1n) is 6.60. The summed E-state index contributed by atoms with van der Waals surface area (Å²) in [5, 5.41) is 2.99. The van der Waals surface area contributed by atoms with Gasteiger partial charge in [0.15, 0.2) is 0 Å². The lowest BCUT2D eigenvalue weighted by molar-refractivity contribution is -0.923. The van der Waals surface area contributed by atoms with Crippen LogP contribution in [-0.4, -0.2) is 49.3 Å². The van der Waals surface area contributed by atoms with E-state index in [-0.39, 0.29) is 12.0 Å². The molecule has 0 aromatic carbocycles. The van der Waals surface area contributed by atoms with Gasteiger partial charge in [-0.3, -0.25) is 0 Å². The lowest BCUT2D eigenvalue weighted by Crippen LogP contribution is -2.50. The predicted molar refractivity (Wildman–Crippen MR) is 68.4 cm³/mol. The normalized spacial score (nSPS) is 19.1. The van der Waals surface area contributed by atoms with Crippen LogP contribution in [0.25, 0.3) is 0 Å². The van der Waals surface area contributed by atoms with Crippen molar-refractivity contribution in [2.24, 2.45) is 0 Å². The van der Waals surface area contributed by atoms with E-state index in [1.807, 2.05) is 12.3 Å². The average Bonchev–Trinajstić information content (AvgIpc) is 2.89. The zero-order valence-electron chi connectivity index (χ0n) is 11.2. The van der Waals surface area contributed by atoms with Crippen molar-refractivity contribution in [3.63, 3.8) is 0 Å². The van der Waals surface area contributed by atoms with Gasteiger partial charge in [-0.2, -0.15) is 0 Å². The van der Waals surface area contributed by atoms with Crippen LogP contribution in [0.3, 0.4) is 0 Å². The summed E-state index contributed by atoms with van der Waals surface area (Å²) < 4.78 is 6.35. The highest BCUT2D eigenvalue weighted by molar-refractivity contribution is 5.76. The van der Waals surface area contributed by atoms with E-state index in [0.29, 0.717) is 6.61 Å². The number of ether oxygens (including phenoxy) is 1. The van der Waals surface area contributed by atoms with Crippen LogP contribution in [0.15, 0.2) is 12.3 Å². The van der Waals surface area contributed by atoms with E-state index in [4.69, 9.17) is 4.74 Å². The first-order chi connectivity index (χ1) is 8.17. The lowest BCUT2D eigenvalue weighted by Gasteiger charge is -2.35. The molecule has 1 N–H and O–H groups in total. The summed E-state index contributed by atoms with van der Waals surface area (Å²) >= 11 is 0. The highest BCUT2D eigenvalue weighted by atomic mass is 16.5. The molecular formula is C13H25N2O2+. The number of nitrogens with zero attached hydrogens (tertiary/aromatic N) is 1. The standard InChI is InChI=1S/C13H25N2O2/c1-4-15(5-2,6-3)10-11-17-13(16)12-8-7-9-14-12/h7,9,12,14H,4-6,8,10-11H2,1-3H3/q+1. The van der Waals surface area contributed by atoms with Gasteiger partial charge in [-0.15, -0.1) is 0 Å². The number of hydrogen-bond acceptors (Lipinski definition) is 3. The Morgan fingerprint density at radius 3 is 2.47 bits per heavy atom. The van der Waals surface area contributed by atoms with E-state index < -0.39 is 0 Å². The predicted octanol–water partition coefficient (Wildman–Crippen LogP) is 1.28. The van der Waals surface area contributed by atoms with Crippen LogP contribution >= 0.6 is 0 Å². The first-order valence-corrected chi connectivity index (χ1v) is 6.60. The Kier molecular flexibility index (Phi) is 5.48. The van der Waals surface area contributed by atoms with Gasteiger partial charge < -0.3 is 14.5 Å². The minimum Gasteiger partial charge on any atom is -0.458 e. The quantitative estimate of drug-likeness (QED) is 0.539. The highest BCUT2D eigenvalue weighted by Crippen LogP contribution is 2.07. The van der Waals surface area contributed by atoms with Gasteiger partial charge in [0.1, 0.15) is 19.2 Å². The van der Waals surface area contributed by atoms with Crippen molar-refractivity contribution in [3.8, 4) is 0 Å². The molecule has 4 nitrogen and oxygen atoms in total. The fourth-order valence-electron chi connectivity index (χ4n) is 2.21. The summed E-state index contributed by atoms with van der Waals surface area (Å²) in [6.07, 6.45) is 4.51. The van der Waals surface area contributed by atoms with E-state index >= 15 is 0 Å². The number of carbonyl (C=O) groups is 1. The van der Waals surface area contributed by atoms with E-state index in [9.17, 15) is 4.79 Å². The number of rotatable bonds is 7. The molecular weight excluding hydrogens is 216 g/mol. The third kappa shape index (κ3) is 3.73. The maximum absolute atomic E-state index is 11.7. The number of hydrogen-bond donors (Lipinski definition) is 1. The zero-order chi connectivity index (χ0) is 12.7. The van der Waals surface area contributed by atoms with Gasteiger partial charge in [0.25, 0.3) is 0 Å². The average molecular weight is 241 g/mol. The fourth-order valence-corrected chi connectivity index (χ4v) is 2.21. The molecule has 0 aromatic heterocycles. The number of esters is 1. The minimum absolute atomic E-state index is 0.128. The van der Waals surface area contributed by atoms with Gasteiger partial charge in [-0.05, 0) is 33.4 Å². The molecule has 1 heterocycles. The third-order valence-corrected chi connectivity index (χ3v) is 3.89. The zero-order valence-corrected chi connectivity index (χ0v) is 11.2. The second kappa shape index (κ2) is 6.64. The molecule has 1 aliphatic rings. The topological polar surface area (TPSA) is 38.3 Å². The van der Waals surface area contributed by atoms with E-state index in [2.05, 4.69) is 26.1 Å². The maximum Gasteiger partial charge on any atom is 0.329 e.